The second-order valence-corrected chi connectivity index (χ2v) is 9.20. The highest BCUT2D eigenvalue weighted by Crippen LogP contribution is 2.16. The molecule has 0 saturated heterocycles. The van der Waals surface area contributed by atoms with Gasteiger partial charge in [-0.3, -0.25) is 9.88 Å². The lowest BCUT2D eigenvalue weighted by Crippen LogP contribution is -2.27. The van der Waals surface area contributed by atoms with E-state index in [1.54, 1.807) is 6.33 Å². The molecule has 5 aromatic rings. The van der Waals surface area contributed by atoms with E-state index in [0.717, 1.165) is 46.0 Å². The van der Waals surface area contributed by atoms with E-state index in [2.05, 4.69) is 56.1 Å². The predicted molar refractivity (Wildman–Crippen MR) is 141 cm³/mol. The van der Waals surface area contributed by atoms with Gasteiger partial charge in [0.25, 0.3) is 0 Å². The molecule has 0 N–H and O–H groups in total. The molecule has 6 nitrogen and oxygen atoms in total. The number of hydrogen-bond acceptors (Lipinski definition) is 5. The van der Waals surface area contributed by atoms with E-state index in [1.165, 1.54) is 5.56 Å². The van der Waals surface area contributed by atoms with Crippen molar-refractivity contribution in [2.24, 2.45) is 0 Å². The summed E-state index contributed by atoms with van der Waals surface area (Å²) in [6.07, 6.45) is 2.65. The number of aromatic nitrogens is 4. The molecule has 0 bridgehead atoms. The Bertz CT molecular complexity index is 1490. The first kappa shape index (κ1) is 23.7. The molecule has 7 heteroatoms. The van der Waals surface area contributed by atoms with Crippen molar-refractivity contribution in [1.82, 2.24) is 24.6 Å². The third-order valence-corrected chi connectivity index (χ3v) is 6.42. The average Bonchev–Trinajstić information content (AvgIpc) is 3.34. The second kappa shape index (κ2) is 11.1. The van der Waals surface area contributed by atoms with Gasteiger partial charge in [-0.2, -0.15) is 5.26 Å². The molecule has 0 radical (unpaired) electrons. The van der Waals surface area contributed by atoms with Crippen LogP contribution in [0.15, 0.2) is 91.3 Å². The van der Waals surface area contributed by atoms with Crippen LogP contribution in [-0.4, -0.2) is 31.2 Å². The fraction of sp³-hybridized carbons (Fsp3) is 0.172. The molecule has 0 saturated carbocycles. The molecule has 2 heterocycles. The number of fused-ring (bicyclic) bond motifs is 1. The number of rotatable bonds is 9. The molecule has 0 unspecified atom stereocenters. The molecular weight excluding hydrogens is 468 g/mol. The summed E-state index contributed by atoms with van der Waals surface area (Å²) >= 11 is 6.07. The fourth-order valence-electron chi connectivity index (χ4n) is 4.19. The smallest absolute Gasteiger partial charge is 0.147 e. The number of pyridine rings is 1. The molecule has 0 aliphatic rings. The van der Waals surface area contributed by atoms with Gasteiger partial charge in [0.05, 0.1) is 35.9 Å². The number of benzene rings is 3. The van der Waals surface area contributed by atoms with Gasteiger partial charge < -0.3 is 4.57 Å². The Balaban J connectivity index is 1.35. The molecule has 0 aliphatic heterocycles. The van der Waals surface area contributed by atoms with Crippen molar-refractivity contribution < 1.29 is 0 Å². The summed E-state index contributed by atoms with van der Waals surface area (Å²) in [5.74, 6) is 0.885. The summed E-state index contributed by atoms with van der Waals surface area (Å²) < 4.78 is 2.06. The highest BCUT2D eigenvalue weighted by atomic mass is 35.5. The zero-order valence-corrected chi connectivity index (χ0v) is 20.5. The maximum absolute atomic E-state index is 9.06. The number of nitriles is 1. The van der Waals surface area contributed by atoms with E-state index in [0.29, 0.717) is 25.2 Å². The fourth-order valence-corrected chi connectivity index (χ4v) is 4.32. The van der Waals surface area contributed by atoms with Gasteiger partial charge >= 0.3 is 0 Å². The largest absolute Gasteiger partial charge is 0.312 e. The Morgan fingerprint density at radius 3 is 2.44 bits per heavy atom. The van der Waals surface area contributed by atoms with Crippen LogP contribution >= 0.6 is 11.6 Å². The van der Waals surface area contributed by atoms with Crippen molar-refractivity contribution in [1.29, 1.82) is 5.26 Å². The van der Waals surface area contributed by atoms with Gasteiger partial charge in [0.1, 0.15) is 12.2 Å². The van der Waals surface area contributed by atoms with Crippen LogP contribution in [0.5, 0.6) is 0 Å². The quantitative estimate of drug-likeness (QED) is 0.266. The zero-order valence-electron chi connectivity index (χ0n) is 19.8. The molecule has 0 spiro atoms. The van der Waals surface area contributed by atoms with Crippen LogP contribution in [0, 0.1) is 11.3 Å². The Morgan fingerprint density at radius 2 is 1.64 bits per heavy atom. The van der Waals surface area contributed by atoms with E-state index >= 15 is 0 Å². The van der Waals surface area contributed by atoms with Crippen LogP contribution in [0.25, 0.3) is 10.9 Å². The number of halogens is 1. The summed E-state index contributed by atoms with van der Waals surface area (Å²) in [4.78, 5) is 7.24. The van der Waals surface area contributed by atoms with Crippen molar-refractivity contribution in [3.05, 3.63) is 124 Å². The first-order chi connectivity index (χ1) is 17.7. The molecule has 0 amide bonds. The summed E-state index contributed by atoms with van der Waals surface area (Å²) in [7, 11) is 0. The lowest BCUT2D eigenvalue weighted by molar-refractivity contribution is 0.247. The number of hydrogen-bond donors (Lipinski definition) is 0. The standard InChI is InChI=1S/C29H25ClN6/c30-26-12-9-22(10-13-26)15-16-35(19-27-14-11-25-3-1-2-4-28(25)33-27)20-29-34-32-21-36(29)18-24-7-5-23(17-31)6-8-24/h1-14,21H,15-16,18-20H2. The van der Waals surface area contributed by atoms with Crippen molar-refractivity contribution in [2.75, 3.05) is 6.54 Å². The van der Waals surface area contributed by atoms with Crippen LogP contribution in [0.4, 0.5) is 0 Å². The SMILES string of the molecule is N#Cc1ccc(Cn2cnnc2CN(CCc2ccc(Cl)cc2)Cc2ccc3ccccc3n2)cc1. The molecule has 178 valence electrons. The van der Waals surface area contributed by atoms with Crippen molar-refractivity contribution in [3.8, 4) is 6.07 Å². The normalized spacial score (nSPS) is 11.1. The van der Waals surface area contributed by atoms with E-state index < -0.39 is 0 Å². The monoisotopic (exact) mass is 492 g/mol. The Hall–Kier alpha value is -4.05. The average molecular weight is 493 g/mol. The van der Waals surface area contributed by atoms with Gasteiger partial charge in [0.15, 0.2) is 0 Å². The molecule has 2 aromatic heterocycles. The zero-order chi connectivity index (χ0) is 24.7. The lowest BCUT2D eigenvalue weighted by Gasteiger charge is -2.22. The van der Waals surface area contributed by atoms with Gasteiger partial charge in [-0.25, -0.2) is 0 Å². The van der Waals surface area contributed by atoms with E-state index in [4.69, 9.17) is 21.8 Å². The molecule has 36 heavy (non-hydrogen) atoms. The second-order valence-electron chi connectivity index (χ2n) is 8.77. The molecule has 3 aromatic carbocycles. The van der Waals surface area contributed by atoms with Crippen LogP contribution < -0.4 is 0 Å². The number of nitrogens with zero attached hydrogens (tertiary/aromatic N) is 6. The maximum atomic E-state index is 9.06. The van der Waals surface area contributed by atoms with E-state index in [9.17, 15) is 0 Å². The topological polar surface area (TPSA) is 70.6 Å². The number of para-hydroxylation sites is 1. The molecule has 0 aliphatic carbocycles. The lowest BCUT2D eigenvalue weighted by atomic mass is 10.1. The molecule has 0 atom stereocenters. The molecular formula is C29H25ClN6. The Labute approximate surface area is 215 Å². The summed E-state index contributed by atoms with van der Waals surface area (Å²) in [5.41, 5.74) is 4.99. The van der Waals surface area contributed by atoms with E-state index in [-0.39, 0.29) is 0 Å². The van der Waals surface area contributed by atoms with Crippen molar-refractivity contribution in [2.45, 2.75) is 26.1 Å². The molecule has 0 fully saturated rings. The van der Waals surface area contributed by atoms with Crippen LogP contribution in [-0.2, 0) is 26.1 Å². The maximum Gasteiger partial charge on any atom is 0.147 e. The highest BCUT2D eigenvalue weighted by molar-refractivity contribution is 6.30. The predicted octanol–water partition coefficient (Wildman–Crippen LogP) is 5.64. The van der Waals surface area contributed by atoms with Gasteiger partial charge in [-0.1, -0.05) is 60.1 Å². The molecule has 5 rings (SSSR count). The summed E-state index contributed by atoms with van der Waals surface area (Å²) in [6, 6.07) is 30.2. The summed E-state index contributed by atoms with van der Waals surface area (Å²) in [5, 5.41) is 19.5. The third-order valence-electron chi connectivity index (χ3n) is 6.17. The van der Waals surface area contributed by atoms with Crippen LogP contribution in [0.1, 0.15) is 28.2 Å². The van der Waals surface area contributed by atoms with Gasteiger partial charge in [0.2, 0.25) is 0 Å². The Kier molecular flexibility index (Phi) is 7.32. The van der Waals surface area contributed by atoms with Crippen LogP contribution in [0.2, 0.25) is 5.02 Å². The first-order valence-corrected chi connectivity index (χ1v) is 12.2. The highest BCUT2D eigenvalue weighted by Gasteiger charge is 2.14. The van der Waals surface area contributed by atoms with Crippen LogP contribution in [0.3, 0.4) is 0 Å². The minimum absolute atomic E-state index is 0.637. The first-order valence-electron chi connectivity index (χ1n) is 11.8. The van der Waals surface area contributed by atoms with Gasteiger partial charge in [-0.05, 0) is 53.9 Å². The Morgan fingerprint density at radius 1 is 0.861 bits per heavy atom. The minimum atomic E-state index is 0.637. The third kappa shape index (κ3) is 5.95. The minimum Gasteiger partial charge on any atom is -0.312 e. The van der Waals surface area contributed by atoms with Gasteiger partial charge in [0, 0.05) is 23.5 Å². The van der Waals surface area contributed by atoms with E-state index in [1.807, 2.05) is 54.6 Å². The van der Waals surface area contributed by atoms with Crippen molar-refractivity contribution in [3.63, 3.8) is 0 Å². The van der Waals surface area contributed by atoms with Gasteiger partial charge in [-0.15, -0.1) is 10.2 Å². The van der Waals surface area contributed by atoms with Crippen molar-refractivity contribution >= 4 is 22.5 Å². The summed E-state index contributed by atoms with van der Waals surface area (Å²) in [6.45, 7) is 2.81.